The van der Waals surface area contributed by atoms with E-state index in [0.29, 0.717) is 0 Å². The highest BCUT2D eigenvalue weighted by Crippen LogP contribution is 2.21. The summed E-state index contributed by atoms with van der Waals surface area (Å²) >= 11 is 1.34. The van der Waals surface area contributed by atoms with E-state index in [1.165, 1.54) is 30.0 Å². The van der Waals surface area contributed by atoms with E-state index < -0.39 is 28.9 Å². The fourth-order valence-corrected chi connectivity index (χ4v) is 2.69. The van der Waals surface area contributed by atoms with Gasteiger partial charge in [0.2, 0.25) is 0 Å². The lowest BCUT2D eigenvalue weighted by atomic mass is 10.1. The third-order valence-corrected chi connectivity index (χ3v) is 4.29. The molecule has 0 fully saturated rings. The maximum atomic E-state index is 13.7. The van der Waals surface area contributed by atoms with Gasteiger partial charge in [0.05, 0.1) is 5.69 Å². The Kier molecular flexibility index (Phi) is 5.17. The standard InChI is InChI=1S/C17H14F2N4O2S/c1-26-17-21-16(25)14(22-23-17)12-8-11(19)6-7-13(12)20-15(24)9-2-4-10(18)5-3-9/h2-8,17,23H,1H3,(H,20,24)(H,21,25). The van der Waals surface area contributed by atoms with Gasteiger partial charge >= 0.3 is 0 Å². The Bertz CT molecular complexity index is 887. The van der Waals surface area contributed by atoms with Crippen molar-refractivity contribution in [2.45, 2.75) is 5.50 Å². The Balaban J connectivity index is 1.91. The Morgan fingerprint density at radius 1 is 1.15 bits per heavy atom. The molecule has 1 heterocycles. The van der Waals surface area contributed by atoms with E-state index in [9.17, 15) is 18.4 Å². The largest absolute Gasteiger partial charge is 0.321 e. The number of halogens is 2. The summed E-state index contributed by atoms with van der Waals surface area (Å²) in [5, 5.41) is 9.25. The van der Waals surface area contributed by atoms with Crippen LogP contribution in [0.5, 0.6) is 0 Å². The molecule has 3 N–H and O–H groups in total. The van der Waals surface area contributed by atoms with Crippen molar-refractivity contribution in [3.8, 4) is 0 Å². The summed E-state index contributed by atoms with van der Waals surface area (Å²) in [7, 11) is 0. The zero-order valence-corrected chi connectivity index (χ0v) is 14.4. The van der Waals surface area contributed by atoms with Gasteiger partial charge in [-0.15, -0.1) is 11.8 Å². The smallest absolute Gasteiger partial charge is 0.274 e. The average Bonchev–Trinajstić information content (AvgIpc) is 2.63. The van der Waals surface area contributed by atoms with Crippen LogP contribution in [0.15, 0.2) is 47.6 Å². The predicted octanol–water partition coefficient (Wildman–Crippen LogP) is 2.29. The van der Waals surface area contributed by atoms with Crippen molar-refractivity contribution in [3.05, 3.63) is 65.2 Å². The number of nitrogens with zero attached hydrogens (tertiary/aromatic N) is 1. The monoisotopic (exact) mass is 376 g/mol. The van der Waals surface area contributed by atoms with Crippen LogP contribution in [0.2, 0.25) is 0 Å². The number of amides is 2. The molecular weight excluding hydrogens is 362 g/mol. The lowest BCUT2D eigenvalue weighted by Gasteiger charge is -2.23. The van der Waals surface area contributed by atoms with Crippen LogP contribution in [0, 0.1) is 11.6 Å². The maximum absolute atomic E-state index is 13.7. The number of thioether (sulfide) groups is 1. The first kappa shape index (κ1) is 17.9. The second kappa shape index (κ2) is 7.52. The van der Waals surface area contributed by atoms with Gasteiger partial charge in [-0.05, 0) is 48.7 Å². The van der Waals surface area contributed by atoms with Gasteiger partial charge in [0, 0.05) is 11.1 Å². The Hall–Kier alpha value is -2.94. The molecule has 0 aromatic heterocycles. The number of nitrogens with one attached hydrogen (secondary N) is 3. The Morgan fingerprint density at radius 2 is 1.85 bits per heavy atom. The van der Waals surface area contributed by atoms with Crippen molar-refractivity contribution in [3.63, 3.8) is 0 Å². The summed E-state index contributed by atoms with van der Waals surface area (Å²) in [4.78, 5) is 24.6. The molecule has 2 aromatic rings. The van der Waals surface area contributed by atoms with Gasteiger partial charge in [0.15, 0.2) is 11.2 Å². The molecule has 1 atom stereocenters. The van der Waals surface area contributed by atoms with Crippen molar-refractivity contribution >= 4 is 35.0 Å². The third kappa shape index (κ3) is 3.83. The molecule has 0 saturated heterocycles. The van der Waals surface area contributed by atoms with Crippen molar-refractivity contribution in [1.29, 1.82) is 0 Å². The van der Waals surface area contributed by atoms with Crippen LogP contribution < -0.4 is 16.1 Å². The Morgan fingerprint density at radius 3 is 2.50 bits per heavy atom. The summed E-state index contributed by atoms with van der Waals surface area (Å²) in [6.45, 7) is 0. The average molecular weight is 376 g/mol. The van der Waals surface area contributed by atoms with Gasteiger partial charge in [-0.2, -0.15) is 5.10 Å². The first-order valence-corrected chi connectivity index (χ1v) is 8.80. The topological polar surface area (TPSA) is 82.6 Å². The Labute approximate surface area is 152 Å². The fraction of sp³-hybridized carbons (Fsp3) is 0.118. The van der Waals surface area contributed by atoms with Gasteiger partial charge in [-0.3, -0.25) is 15.0 Å². The number of hydrazone groups is 1. The summed E-state index contributed by atoms with van der Waals surface area (Å²) < 4.78 is 26.7. The first-order valence-electron chi connectivity index (χ1n) is 7.51. The molecule has 9 heteroatoms. The van der Waals surface area contributed by atoms with E-state index in [2.05, 4.69) is 21.2 Å². The number of rotatable bonds is 4. The molecule has 0 bridgehead atoms. The maximum Gasteiger partial charge on any atom is 0.274 e. The highest BCUT2D eigenvalue weighted by Gasteiger charge is 2.25. The lowest BCUT2D eigenvalue weighted by molar-refractivity contribution is -0.115. The van der Waals surface area contributed by atoms with E-state index in [1.54, 1.807) is 6.26 Å². The number of hydrogen-bond acceptors (Lipinski definition) is 5. The molecule has 0 aliphatic carbocycles. The summed E-state index contributed by atoms with van der Waals surface area (Å²) in [5.74, 6) is -2.07. The summed E-state index contributed by atoms with van der Waals surface area (Å²) in [6, 6.07) is 8.56. The summed E-state index contributed by atoms with van der Waals surface area (Å²) in [6.07, 6.45) is 1.79. The van der Waals surface area contributed by atoms with Crippen molar-refractivity contribution in [2.75, 3.05) is 11.6 Å². The van der Waals surface area contributed by atoms with Crippen molar-refractivity contribution in [1.82, 2.24) is 10.7 Å². The third-order valence-electron chi connectivity index (χ3n) is 3.60. The second-order valence-electron chi connectivity index (χ2n) is 5.33. The molecule has 1 aliphatic rings. The molecule has 26 heavy (non-hydrogen) atoms. The number of carbonyl (C=O) groups excluding carboxylic acids is 2. The van der Waals surface area contributed by atoms with Crippen LogP contribution in [-0.4, -0.2) is 29.3 Å². The quantitative estimate of drug-likeness (QED) is 0.765. The molecule has 134 valence electrons. The van der Waals surface area contributed by atoms with Crippen LogP contribution in [0.3, 0.4) is 0 Å². The van der Waals surface area contributed by atoms with E-state index in [4.69, 9.17) is 0 Å². The minimum atomic E-state index is -0.581. The minimum Gasteiger partial charge on any atom is -0.321 e. The number of benzene rings is 2. The first-order chi connectivity index (χ1) is 12.5. The number of anilines is 1. The highest BCUT2D eigenvalue weighted by molar-refractivity contribution is 7.99. The van der Waals surface area contributed by atoms with Gasteiger partial charge in [0.1, 0.15) is 11.6 Å². The molecule has 0 spiro atoms. The zero-order valence-electron chi connectivity index (χ0n) is 13.5. The molecule has 2 aromatic carbocycles. The van der Waals surface area contributed by atoms with Crippen molar-refractivity contribution < 1.29 is 18.4 Å². The molecule has 1 aliphatic heterocycles. The molecule has 2 amide bonds. The molecule has 1 unspecified atom stereocenters. The van der Waals surface area contributed by atoms with Crippen LogP contribution in [0.4, 0.5) is 14.5 Å². The predicted molar refractivity (Wildman–Crippen MR) is 95.9 cm³/mol. The molecule has 6 nitrogen and oxygen atoms in total. The van der Waals surface area contributed by atoms with Gasteiger partial charge in [0.25, 0.3) is 11.8 Å². The number of carbonyl (C=O) groups is 2. The second-order valence-corrected chi connectivity index (χ2v) is 6.27. The van der Waals surface area contributed by atoms with E-state index in [0.717, 1.165) is 24.3 Å². The molecular formula is C17H14F2N4O2S. The summed E-state index contributed by atoms with van der Waals surface area (Å²) in [5.41, 5.74) is 2.84. The van der Waals surface area contributed by atoms with Crippen LogP contribution in [0.25, 0.3) is 0 Å². The normalized spacial score (nSPS) is 16.3. The van der Waals surface area contributed by atoms with Gasteiger partial charge < -0.3 is 10.6 Å². The number of hydrogen-bond donors (Lipinski definition) is 3. The van der Waals surface area contributed by atoms with E-state index in [1.807, 2.05) is 0 Å². The van der Waals surface area contributed by atoms with E-state index >= 15 is 0 Å². The lowest BCUT2D eigenvalue weighted by Crippen LogP contribution is -2.49. The molecule has 3 rings (SSSR count). The highest BCUT2D eigenvalue weighted by atomic mass is 32.2. The van der Waals surface area contributed by atoms with Crippen molar-refractivity contribution in [2.24, 2.45) is 5.10 Å². The van der Waals surface area contributed by atoms with Gasteiger partial charge in [-0.25, -0.2) is 8.78 Å². The minimum absolute atomic E-state index is 0.0517. The van der Waals surface area contributed by atoms with Crippen LogP contribution in [-0.2, 0) is 4.79 Å². The van der Waals surface area contributed by atoms with Crippen LogP contribution >= 0.6 is 11.8 Å². The SMILES string of the molecule is CSC1NN=C(c2cc(F)ccc2NC(=O)c2ccc(F)cc2)C(=O)N1. The van der Waals surface area contributed by atoms with Gasteiger partial charge in [-0.1, -0.05) is 0 Å². The molecule has 0 saturated carbocycles. The molecule has 0 radical (unpaired) electrons. The van der Waals surface area contributed by atoms with Crippen LogP contribution in [0.1, 0.15) is 15.9 Å². The zero-order chi connectivity index (χ0) is 18.7. The fourth-order valence-electron chi connectivity index (χ4n) is 2.30. The van der Waals surface area contributed by atoms with E-state index in [-0.39, 0.29) is 22.5 Å².